The average Bonchev–Trinajstić information content (AvgIpc) is 2.32. The standard InChI is InChI=1S/C4H5N3O4S/c5-4(8)11-12(9,10)3-1-2-6-7-3/h1-2H,(H2,5,8)(H,6,7). The highest BCUT2D eigenvalue weighted by Gasteiger charge is 2.19. The van der Waals surface area contributed by atoms with Crippen LogP contribution in [-0.2, 0) is 14.3 Å². The summed E-state index contributed by atoms with van der Waals surface area (Å²) in [6.45, 7) is 0. The van der Waals surface area contributed by atoms with E-state index in [9.17, 15) is 13.2 Å². The highest BCUT2D eigenvalue weighted by atomic mass is 32.2. The molecule has 0 atom stereocenters. The van der Waals surface area contributed by atoms with E-state index in [0.717, 1.165) is 6.07 Å². The summed E-state index contributed by atoms with van der Waals surface area (Å²) in [5.74, 6) is 0. The highest BCUT2D eigenvalue weighted by molar-refractivity contribution is 7.87. The van der Waals surface area contributed by atoms with Crippen LogP contribution in [0.1, 0.15) is 0 Å². The molecule has 0 aliphatic heterocycles. The van der Waals surface area contributed by atoms with E-state index in [0.29, 0.717) is 0 Å². The van der Waals surface area contributed by atoms with Crippen LogP contribution in [-0.4, -0.2) is 24.7 Å². The van der Waals surface area contributed by atoms with E-state index in [2.05, 4.69) is 20.1 Å². The van der Waals surface area contributed by atoms with Crippen molar-refractivity contribution >= 4 is 16.2 Å². The fraction of sp³-hybridized carbons (Fsp3) is 0. The molecule has 1 amide bonds. The SMILES string of the molecule is NC(=O)OS(=O)(=O)c1ccn[nH]1. The summed E-state index contributed by atoms with van der Waals surface area (Å²) in [5.41, 5.74) is 4.51. The smallest absolute Gasteiger partial charge is 0.334 e. The van der Waals surface area contributed by atoms with Crippen LogP contribution in [0.4, 0.5) is 4.79 Å². The summed E-state index contributed by atoms with van der Waals surface area (Å²) >= 11 is 0. The third kappa shape index (κ3) is 1.72. The van der Waals surface area contributed by atoms with E-state index in [1.54, 1.807) is 0 Å². The predicted molar refractivity (Wildman–Crippen MR) is 36.4 cm³/mol. The molecule has 12 heavy (non-hydrogen) atoms. The number of nitrogens with one attached hydrogen (secondary N) is 1. The molecule has 1 aromatic heterocycles. The number of amides is 1. The summed E-state index contributed by atoms with van der Waals surface area (Å²) in [7, 11) is -4.11. The van der Waals surface area contributed by atoms with Gasteiger partial charge in [-0.2, -0.15) is 13.5 Å². The molecule has 0 radical (unpaired) electrons. The van der Waals surface area contributed by atoms with Crippen molar-refractivity contribution in [2.75, 3.05) is 0 Å². The van der Waals surface area contributed by atoms with Crippen LogP contribution in [0.3, 0.4) is 0 Å². The first-order valence-electron chi connectivity index (χ1n) is 2.75. The van der Waals surface area contributed by atoms with Gasteiger partial charge in [0.05, 0.1) is 6.20 Å². The molecule has 0 bridgehead atoms. The van der Waals surface area contributed by atoms with Gasteiger partial charge in [-0.1, -0.05) is 0 Å². The van der Waals surface area contributed by atoms with Crippen molar-refractivity contribution in [3.05, 3.63) is 12.3 Å². The summed E-state index contributed by atoms with van der Waals surface area (Å²) < 4.78 is 25.6. The van der Waals surface area contributed by atoms with Gasteiger partial charge in [0, 0.05) is 0 Å². The van der Waals surface area contributed by atoms with Crippen molar-refractivity contribution in [2.45, 2.75) is 5.03 Å². The zero-order valence-corrected chi connectivity index (χ0v) is 6.54. The average molecular weight is 191 g/mol. The first-order chi connectivity index (χ1) is 5.52. The van der Waals surface area contributed by atoms with Gasteiger partial charge in [0.15, 0.2) is 5.03 Å². The minimum atomic E-state index is -4.11. The Morgan fingerprint density at radius 3 is 2.75 bits per heavy atom. The van der Waals surface area contributed by atoms with Gasteiger partial charge in [-0.25, -0.2) is 4.79 Å². The van der Waals surface area contributed by atoms with Gasteiger partial charge in [-0.15, -0.1) is 0 Å². The van der Waals surface area contributed by atoms with Crippen LogP contribution in [0.2, 0.25) is 0 Å². The molecule has 1 rings (SSSR count). The molecule has 66 valence electrons. The molecule has 0 saturated carbocycles. The molecule has 0 aliphatic rings. The van der Waals surface area contributed by atoms with Crippen molar-refractivity contribution in [3.8, 4) is 0 Å². The number of H-pyrrole nitrogens is 1. The van der Waals surface area contributed by atoms with Crippen LogP contribution in [0.25, 0.3) is 0 Å². The number of rotatable bonds is 2. The molecular weight excluding hydrogens is 186 g/mol. The Labute approximate surface area is 67.6 Å². The molecule has 0 unspecified atom stereocenters. The lowest BCUT2D eigenvalue weighted by atomic mass is 10.8. The van der Waals surface area contributed by atoms with Gasteiger partial charge < -0.3 is 9.92 Å². The van der Waals surface area contributed by atoms with E-state index >= 15 is 0 Å². The Hall–Kier alpha value is -1.57. The molecule has 7 nitrogen and oxygen atoms in total. The Morgan fingerprint density at radius 2 is 2.33 bits per heavy atom. The van der Waals surface area contributed by atoms with Crippen molar-refractivity contribution < 1.29 is 17.4 Å². The maximum Gasteiger partial charge on any atom is 0.420 e. The normalized spacial score (nSPS) is 11.0. The maximum absolute atomic E-state index is 10.9. The van der Waals surface area contributed by atoms with Crippen molar-refractivity contribution in [1.29, 1.82) is 0 Å². The molecule has 0 saturated heterocycles. The first kappa shape index (κ1) is 8.53. The molecule has 0 spiro atoms. The number of nitrogens with zero attached hydrogens (tertiary/aromatic N) is 1. The molecule has 1 heterocycles. The van der Waals surface area contributed by atoms with E-state index < -0.39 is 16.2 Å². The highest BCUT2D eigenvalue weighted by Crippen LogP contribution is 2.06. The van der Waals surface area contributed by atoms with Crippen LogP contribution < -0.4 is 5.73 Å². The van der Waals surface area contributed by atoms with E-state index in [4.69, 9.17) is 0 Å². The second-order valence-electron chi connectivity index (χ2n) is 1.78. The van der Waals surface area contributed by atoms with Crippen molar-refractivity contribution in [3.63, 3.8) is 0 Å². The van der Waals surface area contributed by atoms with Crippen LogP contribution in [0, 0.1) is 0 Å². The Balaban J connectivity index is 2.96. The third-order valence-corrected chi connectivity index (χ3v) is 2.09. The number of aromatic amines is 1. The molecule has 0 aromatic carbocycles. The van der Waals surface area contributed by atoms with Gasteiger partial charge >= 0.3 is 16.2 Å². The topological polar surface area (TPSA) is 115 Å². The van der Waals surface area contributed by atoms with Gasteiger partial charge in [-0.05, 0) is 6.07 Å². The van der Waals surface area contributed by atoms with E-state index in [1.807, 2.05) is 0 Å². The Bertz CT molecular complexity index is 367. The predicted octanol–water partition coefficient (Wildman–Crippen LogP) is -0.806. The molecule has 8 heteroatoms. The quantitative estimate of drug-likeness (QED) is 0.593. The summed E-state index contributed by atoms with van der Waals surface area (Å²) in [4.78, 5) is 10.1. The number of aromatic nitrogens is 2. The van der Waals surface area contributed by atoms with Crippen molar-refractivity contribution in [2.24, 2.45) is 5.73 Å². The van der Waals surface area contributed by atoms with Crippen molar-refractivity contribution in [1.82, 2.24) is 10.2 Å². The minimum absolute atomic E-state index is 0.318. The number of nitrogens with two attached hydrogens (primary N) is 1. The van der Waals surface area contributed by atoms with Crippen LogP contribution in [0.15, 0.2) is 17.3 Å². The van der Waals surface area contributed by atoms with Gasteiger partial charge in [0.1, 0.15) is 0 Å². The Kier molecular flexibility index (Phi) is 2.00. The zero-order valence-electron chi connectivity index (χ0n) is 5.72. The van der Waals surface area contributed by atoms with E-state index in [-0.39, 0.29) is 5.03 Å². The first-order valence-corrected chi connectivity index (χ1v) is 4.16. The summed E-state index contributed by atoms with van der Waals surface area (Å²) in [6, 6.07) is 1.14. The lowest BCUT2D eigenvalue weighted by molar-refractivity contribution is 0.212. The fourth-order valence-electron chi connectivity index (χ4n) is 0.535. The molecule has 1 aromatic rings. The summed E-state index contributed by atoms with van der Waals surface area (Å²) in [6.07, 6.45) is -0.179. The fourth-order valence-corrected chi connectivity index (χ4v) is 1.23. The molecule has 0 fully saturated rings. The van der Waals surface area contributed by atoms with Gasteiger partial charge in [0.25, 0.3) is 0 Å². The third-order valence-electron chi connectivity index (χ3n) is 0.936. The zero-order chi connectivity index (χ0) is 9.19. The number of primary amides is 1. The number of carbonyl (C=O) groups excluding carboxylic acids is 1. The Morgan fingerprint density at radius 1 is 1.67 bits per heavy atom. The molecular formula is C4H5N3O4S. The van der Waals surface area contributed by atoms with E-state index in [1.165, 1.54) is 6.20 Å². The largest absolute Gasteiger partial charge is 0.420 e. The van der Waals surface area contributed by atoms with Gasteiger partial charge in [-0.3, -0.25) is 5.10 Å². The number of hydrogen-bond donors (Lipinski definition) is 2. The lowest BCUT2D eigenvalue weighted by Crippen LogP contribution is -2.19. The lowest BCUT2D eigenvalue weighted by Gasteiger charge is -1.97. The minimum Gasteiger partial charge on any atom is -0.334 e. The van der Waals surface area contributed by atoms with Crippen LogP contribution in [0.5, 0.6) is 0 Å². The second kappa shape index (κ2) is 2.81. The second-order valence-corrected chi connectivity index (χ2v) is 3.29. The summed E-state index contributed by atoms with van der Waals surface area (Å²) in [5, 5.41) is 5.15. The number of hydrogen-bond acceptors (Lipinski definition) is 5. The van der Waals surface area contributed by atoms with Gasteiger partial charge in [0.2, 0.25) is 0 Å². The number of carbonyl (C=O) groups is 1. The monoisotopic (exact) mass is 191 g/mol. The maximum atomic E-state index is 10.9. The molecule has 3 N–H and O–H groups in total. The molecule has 0 aliphatic carbocycles. The van der Waals surface area contributed by atoms with Crippen LogP contribution >= 0.6 is 0 Å².